The molecular weight excluding hydrogens is 228 g/mol. The molecule has 0 saturated carbocycles. The van der Waals surface area contributed by atoms with Crippen LogP contribution in [0.5, 0.6) is 0 Å². The molecule has 2 N–H and O–H groups in total. The Labute approximate surface area is 105 Å². The van der Waals surface area contributed by atoms with E-state index >= 15 is 0 Å². The van der Waals surface area contributed by atoms with Crippen molar-refractivity contribution in [1.82, 2.24) is 0 Å². The lowest BCUT2D eigenvalue weighted by molar-refractivity contribution is 0.0988. The first-order chi connectivity index (χ1) is 8.68. The predicted molar refractivity (Wildman–Crippen MR) is 69.7 cm³/mol. The van der Waals surface area contributed by atoms with Crippen LogP contribution in [0.15, 0.2) is 34.9 Å². The van der Waals surface area contributed by atoms with Crippen LogP contribution in [0.25, 0.3) is 0 Å². The topological polar surface area (TPSA) is 59.5 Å². The summed E-state index contributed by atoms with van der Waals surface area (Å²) in [6, 6.07) is 7.47. The van der Waals surface area contributed by atoms with Crippen LogP contribution in [0.2, 0.25) is 0 Å². The van der Waals surface area contributed by atoms with Gasteiger partial charge in [-0.3, -0.25) is 4.79 Å². The maximum atomic E-state index is 12.5. The van der Waals surface area contributed by atoms with E-state index in [2.05, 4.69) is 0 Å². The first-order valence-electron chi connectivity index (χ1n) is 5.92. The largest absolute Gasteiger partial charge is 0.469 e. The second-order valence-electron chi connectivity index (χ2n) is 4.45. The standard InChI is InChI=1S/C14H14N2O2/c1-9-11(6-8-18-9)14(17)16-7-5-10-3-2-4-12(15)13(10)16/h2-4,6,8H,5,7,15H2,1H3. The van der Waals surface area contributed by atoms with E-state index in [9.17, 15) is 4.79 Å². The Morgan fingerprint density at radius 1 is 1.39 bits per heavy atom. The Morgan fingerprint density at radius 3 is 2.94 bits per heavy atom. The van der Waals surface area contributed by atoms with E-state index in [0.717, 1.165) is 17.7 Å². The number of nitrogens with zero attached hydrogens (tertiary/aromatic N) is 1. The summed E-state index contributed by atoms with van der Waals surface area (Å²) in [5, 5.41) is 0. The third-order valence-corrected chi connectivity index (χ3v) is 3.36. The molecule has 2 aromatic rings. The number of amides is 1. The highest BCUT2D eigenvalue weighted by Gasteiger charge is 2.28. The fourth-order valence-corrected chi connectivity index (χ4v) is 2.44. The number of hydrogen-bond donors (Lipinski definition) is 1. The molecule has 1 amide bonds. The molecule has 0 unspecified atom stereocenters. The smallest absolute Gasteiger partial charge is 0.261 e. The van der Waals surface area contributed by atoms with Gasteiger partial charge in [0, 0.05) is 6.54 Å². The van der Waals surface area contributed by atoms with Crippen LogP contribution in [-0.4, -0.2) is 12.5 Å². The van der Waals surface area contributed by atoms with Gasteiger partial charge in [-0.15, -0.1) is 0 Å². The number of benzene rings is 1. The fourth-order valence-electron chi connectivity index (χ4n) is 2.44. The molecule has 1 aromatic carbocycles. The summed E-state index contributed by atoms with van der Waals surface area (Å²) < 4.78 is 5.18. The number of para-hydroxylation sites is 1. The molecule has 18 heavy (non-hydrogen) atoms. The third kappa shape index (κ3) is 1.49. The van der Waals surface area contributed by atoms with E-state index in [1.54, 1.807) is 17.9 Å². The highest BCUT2D eigenvalue weighted by molar-refractivity contribution is 6.09. The number of hydrogen-bond acceptors (Lipinski definition) is 3. The molecule has 4 nitrogen and oxygen atoms in total. The minimum Gasteiger partial charge on any atom is -0.469 e. The van der Waals surface area contributed by atoms with Crippen molar-refractivity contribution in [2.45, 2.75) is 13.3 Å². The Balaban J connectivity index is 2.03. The number of aryl methyl sites for hydroxylation is 1. The van der Waals surface area contributed by atoms with Gasteiger partial charge in [0.1, 0.15) is 5.76 Å². The summed E-state index contributed by atoms with van der Waals surface area (Å²) in [5.41, 5.74) is 9.21. The van der Waals surface area contributed by atoms with Gasteiger partial charge in [0.2, 0.25) is 0 Å². The summed E-state index contributed by atoms with van der Waals surface area (Å²) in [6.07, 6.45) is 2.39. The lowest BCUT2D eigenvalue weighted by atomic mass is 10.1. The van der Waals surface area contributed by atoms with Gasteiger partial charge >= 0.3 is 0 Å². The normalized spacial score (nSPS) is 13.7. The van der Waals surface area contributed by atoms with E-state index in [4.69, 9.17) is 10.2 Å². The monoisotopic (exact) mass is 242 g/mol. The lowest BCUT2D eigenvalue weighted by Crippen LogP contribution is -2.29. The van der Waals surface area contributed by atoms with Crippen molar-refractivity contribution >= 4 is 17.3 Å². The van der Waals surface area contributed by atoms with Crippen molar-refractivity contribution in [3.05, 3.63) is 47.4 Å². The Hall–Kier alpha value is -2.23. The lowest BCUT2D eigenvalue weighted by Gasteiger charge is -2.18. The molecule has 1 aliphatic rings. The zero-order chi connectivity index (χ0) is 12.7. The van der Waals surface area contributed by atoms with Crippen molar-refractivity contribution in [2.75, 3.05) is 17.2 Å². The molecule has 0 aliphatic carbocycles. The van der Waals surface area contributed by atoms with Crippen LogP contribution in [0, 0.1) is 6.92 Å². The number of anilines is 2. The summed E-state index contributed by atoms with van der Waals surface area (Å²) in [5.74, 6) is 0.598. The van der Waals surface area contributed by atoms with Crippen LogP contribution in [0.3, 0.4) is 0 Å². The zero-order valence-electron chi connectivity index (χ0n) is 10.1. The molecule has 0 bridgehead atoms. The Morgan fingerprint density at radius 2 is 2.22 bits per heavy atom. The number of furan rings is 1. The molecule has 92 valence electrons. The van der Waals surface area contributed by atoms with Crippen LogP contribution < -0.4 is 10.6 Å². The second-order valence-corrected chi connectivity index (χ2v) is 4.45. The summed E-state index contributed by atoms with van der Waals surface area (Å²) in [4.78, 5) is 14.2. The Bertz CT molecular complexity index is 616. The van der Waals surface area contributed by atoms with Crippen molar-refractivity contribution in [3.8, 4) is 0 Å². The molecule has 0 fully saturated rings. The summed E-state index contributed by atoms with van der Waals surface area (Å²) in [6.45, 7) is 2.46. The van der Waals surface area contributed by atoms with Crippen molar-refractivity contribution in [3.63, 3.8) is 0 Å². The van der Waals surface area contributed by atoms with Gasteiger partial charge in [-0.1, -0.05) is 12.1 Å². The minimum atomic E-state index is -0.0436. The van der Waals surface area contributed by atoms with E-state index < -0.39 is 0 Å². The number of carbonyl (C=O) groups excluding carboxylic acids is 1. The number of rotatable bonds is 1. The molecule has 0 atom stereocenters. The van der Waals surface area contributed by atoms with Gasteiger partial charge in [0.05, 0.1) is 23.2 Å². The summed E-state index contributed by atoms with van der Waals surface area (Å²) in [7, 11) is 0. The quantitative estimate of drug-likeness (QED) is 0.781. The maximum absolute atomic E-state index is 12.5. The van der Waals surface area contributed by atoms with Crippen LogP contribution in [0.1, 0.15) is 21.7 Å². The van der Waals surface area contributed by atoms with Gasteiger partial charge in [-0.2, -0.15) is 0 Å². The van der Waals surface area contributed by atoms with Crippen molar-refractivity contribution < 1.29 is 9.21 Å². The molecular formula is C14H14N2O2. The van der Waals surface area contributed by atoms with E-state index in [1.165, 1.54) is 6.26 Å². The van der Waals surface area contributed by atoms with E-state index in [1.807, 2.05) is 18.2 Å². The van der Waals surface area contributed by atoms with Crippen LogP contribution >= 0.6 is 0 Å². The minimum absolute atomic E-state index is 0.0436. The SMILES string of the molecule is Cc1occc1C(=O)N1CCc2cccc(N)c21. The average molecular weight is 242 g/mol. The average Bonchev–Trinajstić information content (AvgIpc) is 2.95. The molecule has 4 heteroatoms. The first-order valence-corrected chi connectivity index (χ1v) is 5.92. The highest BCUT2D eigenvalue weighted by Crippen LogP contribution is 2.34. The van der Waals surface area contributed by atoms with Gasteiger partial charge in [0.15, 0.2) is 0 Å². The molecule has 3 rings (SSSR count). The first kappa shape index (κ1) is 10.9. The number of nitrogen functional groups attached to an aromatic ring is 1. The molecule has 0 saturated heterocycles. The molecule has 1 aliphatic heterocycles. The number of nitrogens with two attached hydrogens (primary N) is 1. The molecule has 0 radical (unpaired) electrons. The van der Waals surface area contributed by atoms with Crippen molar-refractivity contribution in [2.24, 2.45) is 0 Å². The highest BCUT2D eigenvalue weighted by atomic mass is 16.3. The Kier molecular flexibility index (Phi) is 2.37. The fraction of sp³-hybridized carbons (Fsp3) is 0.214. The predicted octanol–water partition coefficient (Wildman–Crippen LogP) is 2.37. The van der Waals surface area contributed by atoms with E-state index in [-0.39, 0.29) is 5.91 Å². The third-order valence-electron chi connectivity index (χ3n) is 3.36. The van der Waals surface area contributed by atoms with Crippen molar-refractivity contribution in [1.29, 1.82) is 0 Å². The zero-order valence-corrected chi connectivity index (χ0v) is 10.1. The van der Waals surface area contributed by atoms with Gasteiger partial charge in [-0.25, -0.2) is 0 Å². The number of fused-ring (bicyclic) bond motifs is 1. The van der Waals surface area contributed by atoms with E-state index in [0.29, 0.717) is 23.6 Å². The maximum Gasteiger partial charge on any atom is 0.261 e. The second kappa shape index (κ2) is 3.91. The molecule has 2 heterocycles. The molecule has 1 aromatic heterocycles. The van der Waals surface area contributed by atoms with Crippen LogP contribution in [0.4, 0.5) is 11.4 Å². The van der Waals surface area contributed by atoms with Gasteiger partial charge in [-0.05, 0) is 31.0 Å². The van der Waals surface area contributed by atoms with Gasteiger partial charge in [0.25, 0.3) is 5.91 Å². The number of carbonyl (C=O) groups is 1. The molecule has 0 spiro atoms. The van der Waals surface area contributed by atoms with Crippen LogP contribution in [-0.2, 0) is 6.42 Å². The van der Waals surface area contributed by atoms with Gasteiger partial charge < -0.3 is 15.1 Å². The summed E-state index contributed by atoms with van der Waals surface area (Å²) >= 11 is 0.